The van der Waals surface area contributed by atoms with Crippen molar-refractivity contribution in [1.29, 1.82) is 5.26 Å². The van der Waals surface area contributed by atoms with E-state index in [2.05, 4.69) is 16.0 Å². The van der Waals surface area contributed by atoms with Crippen molar-refractivity contribution in [2.75, 3.05) is 5.73 Å². The lowest BCUT2D eigenvalue weighted by molar-refractivity contribution is 0.0747. The summed E-state index contributed by atoms with van der Waals surface area (Å²) in [4.78, 5) is 23.8. The maximum absolute atomic E-state index is 13.4. The van der Waals surface area contributed by atoms with Gasteiger partial charge < -0.3 is 10.6 Å². The van der Waals surface area contributed by atoms with Gasteiger partial charge in [0.1, 0.15) is 5.69 Å². The number of amides is 1. The molecule has 4 aromatic rings. The number of fused-ring (bicyclic) bond motifs is 2. The number of aromatic nitrogens is 2. The average molecular weight is 405 g/mol. The van der Waals surface area contributed by atoms with E-state index < -0.39 is 0 Å². The summed E-state index contributed by atoms with van der Waals surface area (Å²) in [5.74, 6) is -0.0713. The van der Waals surface area contributed by atoms with E-state index in [1.54, 1.807) is 4.90 Å². The fraction of sp³-hybridized carbons (Fsp3) is 0.120. The van der Waals surface area contributed by atoms with Crippen LogP contribution in [0.15, 0.2) is 66.7 Å². The fourth-order valence-corrected chi connectivity index (χ4v) is 4.02. The molecule has 3 aromatic carbocycles. The molecule has 0 aliphatic carbocycles. The molecular weight excluding hydrogens is 386 g/mol. The molecule has 6 nitrogen and oxygen atoms in total. The van der Waals surface area contributed by atoms with Crippen LogP contribution in [0.4, 0.5) is 5.95 Å². The van der Waals surface area contributed by atoms with Crippen LogP contribution in [-0.4, -0.2) is 20.8 Å². The van der Waals surface area contributed by atoms with Crippen molar-refractivity contribution in [2.24, 2.45) is 0 Å². The first kappa shape index (κ1) is 18.8. The van der Waals surface area contributed by atoms with Crippen LogP contribution in [0.5, 0.6) is 0 Å². The molecule has 5 rings (SSSR count). The van der Waals surface area contributed by atoms with Gasteiger partial charge >= 0.3 is 0 Å². The van der Waals surface area contributed by atoms with Gasteiger partial charge in [-0.05, 0) is 39.9 Å². The molecule has 0 spiro atoms. The standard InChI is InChI=1S/C25H19N5O/c26-12-11-16-5-7-17(8-6-16)18-9-10-22-21(13-18)23(29-25(27)28-22)24(31)30-14-19-3-1-2-4-20(19)15-30/h1-10,13H,11,14-15H2,(H2,27,28,29). The lowest BCUT2D eigenvalue weighted by Crippen LogP contribution is -2.27. The third-order valence-corrected chi connectivity index (χ3v) is 5.61. The summed E-state index contributed by atoms with van der Waals surface area (Å²) in [5, 5.41) is 9.54. The Kier molecular flexibility index (Phi) is 4.57. The SMILES string of the molecule is N#CCc1ccc(-c2ccc3nc(N)nc(C(=O)N4Cc5ccccc5C4)c3c2)cc1. The number of nitrogens with zero attached hydrogens (tertiary/aromatic N) is 4. The highest BCUT2D eigenvalue weighted by molar-refractivity contribution is 6.05. The van der Waals surface area contributed by atoms with E-state index in [1.807, 2.05) is 66.7 Å². The van der Waals surface area contributed by atoms with Crippen LogP contribution in [0.3, 0.4) is 0 Å². The number of benzene rings is 3. The van der Waals surface area contributed by atoms with Crippen LogP contribution in [0, 0.1) is 11.3 Å². The molecule has 31 heavy (non-hydrogen) atoms. The maximum Gasteiger partial charge on any atom is 0.273 e. The minimum Gasteiger partial charge on any atom is -0.368 e. The molecule has 0 saturated carbocycles. The molecule has 1 aliphatic rings. The topological polar surface area (TPSA) is 95.9 Å². The number of carbonyl (C=O) groups excluding carboxylic acids is 1. The number of nitrogen functional groups attached to an aromatic ring is 1. The van der Waals surface area contributed by atoms with Gasteiger partial charge in [-0.1, -0.05) is 54.6 Å². The number of hydrogen-bond donors (Lipinski definition) is 1. The zero-order valence-electron chi connectivity index (χ0n) is 16.7. The van der Waals surface area contributed by atoms with Gasteiger partial charge in [-0.15, -0.1) is 0 Å². The number of hydrogen-bond acceptors (Lipinski definition) is 5. The third kappa shape index (κ3) is 3.47. The summed E-state index contributed by atoms with van der Waals surface area (Å²) in [7, 11) is 0. The molecule has 150 valence electrons. The Morgan fingerprint density at radius 3 is 2.32 bits per heavy atom. The van der Waals surface area contributed by atoms with Crippen LogP contribution in [-0.2, 0) is 19.5 Å². The van der Waals surface area contributed by atoms with Gasteiger partial charge in [-0.25, -0.2) is 9.97 Å². The maximum atomic E-state index is 13.4. The Balaban J connectivity index is 1.54. The molecule has 0 fully saturated rings. The van der Waals surface area contributed by atoms with E-state index in [0.717, 1.165) is 27.8 Å². The molecule has 0 unspecified atom stereocenters. The van der Waals surface area contributed by atoms with E-state index in [-0.39, 0.29) is 11.9 Å². The Bertz CT molecular complexity index is 1330. The highest BCUT2D eigenvalue weighted by Crippen LogP contribution is 2.29. The molecule has 0 saturated heterocycles. The van der Waals surface area contributed by atoms with Crippen LogP contribution in [0.25, 0.3) is 22.0 Å². The van der Waals surface area contributed by atoms with E-state index >= 15 is 0 Å². The Hall–Kier alpha value is -4.24. The molecular formula is C25H19N5O. The highest BCUT2D eigenvalue weighted by atomic mass is 16.2. The molecule has 0 atom stereocenters. The molecule has 2 N–H and O–H groups in total. The molecule has 1 amide bonds. The molecule has 6 heteroatoms. The number of anilines is 1. The molecule has 1 aliphatic heterocycles. The van der Waals surface area contributed by atoms with Gasteiger partial charge in [0.05, 0.1) is 18.0 Å². The van der Waals surface area contributed by atoms with Crippen molar-refractivity contribution in [2.45, 2.75) is 19.5 Å². The summed E-state index contributed by atoms with van der Waals surface area (Å²) >= 11 is 0. The first-order valence-electron chi connectivity index (χ1n) is 10.0. The minimum atomic E-state index is -0.156. The summed E-state index contributed by atoms with van der Waals surface area (Å²) in [6.45, 7) is 1.11. The van der Waals surface area contributed by atoms with Crippen molar-refractivity contribution in [3.8, 4) is 17.2 Å². The number of nitrogens with two attached hydrogens (primary N) is 1. The molecule has 0 radical (unpaired) electrons. The lowest BCUT2D eigenvalue weighted by Gasteiger charge is -2.16. The van der Waals surface area contributed by atoms with E-state index in [9.17, 15) is 4.79 Å². The first-order chi connectivity index (χ1) is 15.1. The summed E-state index contributed by atoms with van der Waals surface area (Å²) in [5.41, 5.74) is 12.1. The van der Waals surface area contributed by atoms with Crippen molar-refractivity contribution < 1.29 is 4.79 Å². The van der Waals surface area contributed by atoms with Crippen LogP contribution < -0.4 is 5.73 Å². The Morgan fingerprint density at radius 2 is 1.65 bits per heavy atom. The fourth-order valence-electron chi connectivity index (χ4n) is 4.02. The number of nitriles is 1. The van der Waals surface area contributed by atoms with Crippen LogP contribution in [0.1, 0.15) is 27.2 Å². The average Bonchev–Trinajstić information content (AvgIpc) is 3.23. The number of carbonyl (C=O) groups is 1. The van der Waals surface area contributed by atoms with Crippen LogP contribution in [0.2, 0.25) is 0 Å². The number of rotatable bonds is 3. The Labute approximate surface area is 179 Å². The first-order valence-corrected chi connectivity index (χ1v) is 10.0. The van der Waals surface area contributed by atoms with Gasteiger partial charge in [0.2, 0.25) is 5.95 Å². The summed E-state index contributed by atoms with van der Waals surface area (Å²) < 4.78 is 0. The quantitative estimate of drug-likeness (QED) is 0.554. The van der Waals surface area contributed by atoms with Gasteiger partial charge in [-0.2, -0.15) is 5.26 Å². The monoisotopic (exact) mass is 405 g/mol. The van der Waals surface area contributed by atoms with E-state index in [1.165, 1.54) is 0 Å². The summed E-state index contributed by atoms with van der Waals surface area (Å²) in [6.07, 6.45) is 0.377. The second-order valence-corrected chi connectivity index (χ2v) is 7.62. The molecule has 2 heterocycles. The van der Waals surface area contributed by atoms with Crippen LogP contribution >= 0.6 is 0 Å². The lowest BCUT2D eigenvalue weighted by atomic mass is 10.0. The summed E-state index contributed by atoms with van der Waals surface area (Å²) in [6, 6.07) is 23.8. The van der Waals surface area contributed by atoms with Gasteiger partial charge in [0.25, 0.3) is 5.91 Å². The van der Waals surface area contributed by atoms with Crippen molar-refractivity contribution >= 4 is 22.8 Å². The van der Waals surface area contributed by atoms with Gasteiger partial charge in [0.15, 0.2) is 0 Å². The van der Waals surface area contributed by atoms with Crippen molar-refractivity contribution in [3.05, 3.63) is 89.1 Å². The molecule has 0 bridgehead atoms. The van der Waals surface area contributed by atoms with Crippen molar-refractivity contribution in [1.82, 2.24) is 14.9 Å². The zero-order valence-corrected chi connectivity index (χ0v) is 16.7. The second kappa shape index (κ2) is 7.54. The third-order valence-electron chi connectivity index (χ3n) is 5.61. The van der Waals surface area contributed by atoms with Gasteiger partial charge in [-0.3, -0.25) is 4.79 Å². The largest absolute Gasteiger partial charge is 0.368 e. The predicted molar refractivity (Wildman–Crippen MR) is 119 cm³/mol. The van der Waals surface area contributed by atoms with Crippen molar-refractivity contribution in [3.63, 3.8) is 0 Å². The van der Waals surface area contributed by atoms with E-state index in [4.69, 9.17) is 11.0 Å². The second-order valence-electron chi connectivity index (χ2n) is 7.62. The van der Waals surface area contributed by atoms with Gasteiger partial charge in [0, 0.05) is 18.5 Å². The normalized spacial score (nSPS) is 12.5. The predicted octanol–water partition coefficient (Wildman–Crippen LogP) is 4.10. The van der Waals surface area contributed by atoms with E-state index in [0.29, 0.717) is 36.1 Å². The molecule has 1 aromatic heterocycles. The Morgan fingerprint density at radius 1 is 0.968 bits per heavy atom. The zero-order chi connectivity index (χ0) is 21.4. The highest BCUT2D eigenvalue weighted by Gasteiger charge is 2.26. The smallest absolute Gasteiger partial charge is 0.273 e. The minimum absolute atomic E-state index is 0.0844.